The Morgan fingerprint density at radius 3 is 2.42 bits per heavy atom. The zero-order chi connectivity index (χ0) is 26.9. The Balaban J connectivity index is 2.22. The van der Waals surface area contributed by atoms with Crippen molar-refractivity contribution in [3.8, 4) is 5.75 Å². The lowest BCUT2D eigenvalue weighted by Crippen LogP contribution is -2.44. The average molecular weight is 507 g/mol. The maximum Gasteiger partial charge on any atom is 0.312 e. The van der Waals surface area contributed by atoms with Gasteiger partial charge in [0.2, 0.25) is 0 Å². The van der Waals surface area contributed by atoms with E-state index in [1.54, 1.807) is 13.8 Å². The maximum absolute atomic E-state index is 13.4. The first-order valence-corrected chi connectivity index (χ1v) is 12.9. The van der Waals surface area contributed by atoms with Crippen LogP contribution in [0.5, 0.6) is 5.75 Å². The van der Waals surface area contributed by atoms with Gasteiger partial charge < -0.3 is 24.1 Å². The van der Waals surface area contributed by atoms with Crippen LogP contribution in [0.1, 0.15) is 91.5 Å². The number of cyclic esters (lactones) is 1. The van der Waals surface area contributed by atoms with Gasteiger partial charge in [-0.1, -0.05) is 32.9 Å². The number of hydrogen-bond donors (Lipinski definition) is 1. The number of carboxylic acid groups (broad SMARTS) is 1. The van der Waals surface area contributed by atoms with Gasteiger partial charge in [0.05, 0.1) is 31.0 Å². The minimum Gasteiger partial charge on any atom is -0.481 e. The van der Waals surface area contributed by atoms with Gasteiger partial charge in [-0.2, -0.15) is 0 Å². The SMILES string of the molecule is CCCOC(C)Oc1ccc(C(CC(C)C(=O)O)CC(C)(CC)C(=O)OC2(C)CCOC(=O)C2)cc1. The summed E-state index contributed by atoms with van der Waals surface area (Å²) in [6.07, 6.45) is 2.30. The molecular weight excluding hydrogens is 464 g/mol. The van der Waals surface area contributed by atoms with Gasteiger partial charge in [-0.15, -0.1) is 0 Å². The highest BCUT2D eigenvalue weighted by Crippen LogP contribution is 2.41. The van der Waals surface area contributed by atoms with Gasteiger partial charge in [0.1, 0.15) is 11.4 Å². The molecule has 1 aliphatic heterocycles. The fourth-order valence-electron chi connectivity index (χ4n) is 4.37. The van der Waals surface area contributed by atoms with Gasteiger partial charge in [-0.05, 0) is 70.1 Å². The number of ether oxygens (including phenoxy) is 4. The van der Waals surface area contributed by atoms with Crippen LogP contribution >= 0.6 is 0 Å². The van der Waals surface area contributed by atoms with E-state index in [4.69, 9.17) is 18.9 Å². The van der Waals surface area contributed by atoms with E-state index >= 15 is 0 Å². The molecule has 0 spiro atoms. The number of benzene rings is 1. The first-order valence-electron chi connectivity index (χ1n) is 12.9. The van der Waals surface area contributed by atoms with Crippen molar-refractivity contribution in [3.05, 3.63) is 29.8 Å². The van der Waals surface area contributed by atoms with E-state index in [0.717, 1.165) is 12.0 Å². The molecule has 1 N–H and O–H groups in total. The quantitative estimate of drug-likeness (QED) is 0.261. The minimum absolute atomic E-state index is 0.0276. The molecule has 1 aliphatic rings. The van der Waals surface area contributed by atoms with Crippen LogP contribution in [0.4, 0.5) is 0 Å². The molecule has 1 saturated heterocycles. The number of carbonyl (C=O) groups is 3. The van der Waals surface area contributed by atoms with Crippen LogP contribution in [0.3, 0.4) is 0 Å². The third-order valence-corrected chi connectivity index (χ3v) is 6.99. The highest BCUT2D eigenvalue weighted by atomic mass is 16.7. The molecule has 0 saturated carbocycles. The van der Waals surface area contributed by atoms with E-state index in [-0.39, 0.29) is 37.2 Å². The van der Waals surface area contributed by atoms with Crippen molar-refractivity contribution in [1.82, 2.24) is 0 Å². The third-order valence-electron chi connectivity index (χ3n) is 6.99. The second kappa shape index (κ2) is 13.1. The molecule has 8 nitrogen and oxygen atoms in total. The van der Waals surface area contributed by atoms with E-state index in [1.807, 2.05) is 52.0 Å². The number of hydrogen-bond acceptors (Lipinski definition) is 7. The van der Waals surface area contributed by atoms with Crippen molar-refractivity contribution < 1.29 is 38.4 Å². The first-order chi connectivity index (χ1) is 16.9. The number of rotatable bonds is 14. The summed E-state index contributed by atoms with van der Waals surface area (Å²) in [5.74, 6) is -1.76. The molecule has 0 amide bonds. The molecule has 1 fully saturated rings. The Bertz CT molecular complexity index is 882. The number of carboxylic acids is 1. The number of aliphatic carboxylic acids is 1. The smallest absolute Gasteiger partial charge is 0.312 e. The predicted molar refractivity (Wildman–Crippen MR) is 135 cm³/mol. The zero-order valence-electron chi connectivity index (χ0n) is 22.5. The Labute approximate surface area is 214 Å². The van der Waals surface area contributed by atoms with Crippen molar-refractivity contribution >= 4 is 17.9 Å². The van der Waals surface area contributed by atoms with Gasteiger partial charge >= 0.3 is 17.9 Å². The lowest BCUT2D eigenvalue weighted by molar-refractivity contribution is -0.183. The van der Waals surface area contributed by atoms with Crippen molar-refractivity contribution in [3.63, 3.8) is 0 Å². The number of carbonyl (C=O) groups excluding carboxylic acids is 2. The summed E-state index contributed by atoms with van der Waals surface area (Å²) < 4.78 is 22.3. The van der Waals surface area contributed by atoms with Gasteiger partial charge in [0, 0.05) is 6.42 Å². The van der Waals surface area contributed by atoms with E-state index in [1.165, 1.54) is 0 Å². The van der Waals surface area contributed by atoms with Crippen LogP contribution in [-0.4, -0.2) is 48.1 Å². The number of esters is 2. The van der Waals surface area contributed by atoms with E-state index in [0.29, 0.717) is 38.0 Å². The van der Waals surface area contributed by atoms with Crippen LogP contribution < -0.4 is 4.74 Å². The molecule has 5 atom stereocenters. The Morgan fingerprint density at radius 2 is 1.86 bits per heavy atom. The third kappa shape index (κ3) is 8.50. The topological polar surface area (TPSA) is 108 Å². The standard InChI is InChI=1S/C28H42O8/c1-7-14-33-20(4)35-23-11-9-21(10-12-23)22(16-19(3)25(30)31)17-27(5,8-2)26(32)36-28(6)13-15-34-24(29)18-28/h9-12,19-20,22H,7-8,13-18H2,1-6H3,(H,30,31). The lowest BCUT2D eigenvalue weighted by atomic mass is 9.74. The molecular formula is C28H42O8. The largest absolute Gasteiger partial charge is 0.481 e. The monoisotopic (exact) mass is 506 g/mol. The van der Waals surface area contributed by atoms with Crippen molar-refractivity contribution in [1.29, 1.82) is 0 Å². The molecule has 0 aromatic heterocycles. The molecule has 202 valence electrons. The van der Waals surface area contributed by atoms with Crippen LogP contribution in [0.2, 0.25) is 0 Å². The van der Waals surface area contributed by atoms with Crippen LogP contribution in [0, 0.1) is 11.3 Å². The fraction of sp³-hybridized carbons (Fsp3) is 0.679. The summed E-state index contributed by atoms with van der Waals surface area (Å²) in [4.78, 5) is 36.8. The molecule has 1 aromatic carbocycles. The maximum atomic E-state index is 13.4. The highest BCUT2D eigenvalue weighted by Gasteiger charge is 2.43. The molecule has 36 heavy (non-hydrogen) atoms. The van der Waals surface area contributed by atoms with Crippen LogP contribution in [-0.2, 0) is 28.6 Å². The van der Waals surface area contributed by atoms with Gasteiger partial charge in [-0.3, -0.25) is 14.4 Å². The Kier molecular flexibility index (Phi) is 10.8. The second-order valence-electron chi connectivity index (χ2n) is 10.4. The van der Waals surface area contributed by atoms with Crippen LogP contribution in [0.15, 0.2) is 24.3 Å². The second-order valence-corrected chi connectivity index (χ2v) is 10.4. The summed E-state index contributed by atoms with van der Waals surface area (Å²) in [6, 6.07) is 7.52. The van der Waals surface area contributed by atoms with Gasteiger partial charge in [0.25, 0.3) is 0 Å². The van der Waals surface area contributed by atoms with E-state index in [9.17, 15) is 19.5 Å². The lowest BCUT2D eigenvalue weighted by Gasteiger charge is -2.37. The molecule has 8 heteroatoms. The summed E-state index contributed by atoms with van der Waals surface area (Å²) in [6.45, 7) is 11.9. The summed E-state index contributed by atoms with van der Waals surface area (Å²) in [5, 5.41) is 9.56. The molecule has 0 bridgehead atoms. The van der Waals surface area contributed by atoms with Gasteiger partial charge in [0.15, 0.2) is 6.29 Å². The van der Waals surface area contributed by atoms with E-state index < -0.39 is 22.9 Å². The van der Waals surface area contributed by atoms with E-state index in [2.05, 4.69) is 0 Å². The minimum atomic E-state index is -0.901. The zero-order valence-corrected chi connectivity index (χ0v) is 22.5. The van der Waals surface area contributed by atoms with Crippen molar-refractivity contribution in [2.24, 2.45) is 11.3 Å². The molecule has 0 aliphatic carbocycles. The fourth-order valence-corrected chi connectivity index (χ4v) is 4.37. The summed E-state index contributed by atoms with van der Waals surface area (Å²) in [7, 11) is 0. The Hall–Kier alpha value is -2.61. The molecule has 2 rings (SSSR count). The first kappa shape index (κ1) is 29.6. The van der Waals surface area contributed by atoms with Crippen molar-refractivity contribution in [2.75, 3.05) is 13.2 Å². The molecule has 1 aromatic rings. The molecule has 0 radical (unpaired) electrons. The normalized spacial score (nSPS) is 22.0. The molecule has 1 heterocycles. The molecule has 5 unspecified atom stereocenters. The van der Waals surface area contributed by atoms with Crippen LogP contribution in [0.25, 0.3) is 0 Å². The summed E-state index contributed by atoms with van der Waals surface area (Å²) >= 11 is 0. The van der Waals surface area contributed by atoms with Gasteiger partial charge in [-0.25, -0.2) is 0 Å². The highest BCUT2D eigenvalue weighted by molar-refractivity contribution is 5.78. The summed E-state index contributed by atoms with van der Waals surface area (Å²) in [5.41, 5.74) is -0.829. The predicted octanol–water partition coefficient (Wildman–Crippen LogP) is 5.48. The van der Waals surface area contributed by atoms with Crippen molar-refractivity contribution in [2.45, 2.75) is 97.9 Å². The average Bonchev–Trinajstić information content (AvgIpc) is 2.82. The Morgan fingerprint density at radius 1 is 1.19 bits per heavy atom.